The predicted molar refractivity (Wildman–Crippen MR) is 55.6 cm³/mol. The van der Waals surface area contributed by atoms with E-state index in [4.69, 9.17) is 0 Å². The van der Waals surface area contributed by atoms with Crippen LogP contribution in [0.5, 0.6) is 0 Å². The molecule has 0 amide bonds. The molecule has 0 spiro atoms. The van der Waals surface area contributed by atoms with E-state index < -0.39 is 0 Å². The Labute approximate surface area is 81.2 Å². The SMILES string of the molecule is CCCC[C@H]1CCCC/C1=C\C=O. The molecule has 1 saturated carbocycles. The number of carbonyl (C=O) groups excluding carboxylic acids is 1. The van der Waals surface area contributed by atoms with Gasteiger partial charge < -0.3 is 0 Å². The van der Waals surface area contributed by atoms with Crippen LogP contribution in [-0.2, 0) is 4.79 Å². The summed E-state index contributed by atoms with van der Waals surface area (Å²) in [5.74, 6) is 0.721. The van der Waals surface area contributed by atoms with Crippen molar-refractivity contribution in [2.75, 3.05) is 0 Å². The van der Waals surface area contributed by atoms with Gasteiger partial charge in [0, 0.05) is 0 Å². The molecule has 1 aliphatic carbocycles. The molecule has 0 radical (unpaired) electrons. The minimum atomic E-state index is 0.721. The zero-order valence-corrected chi connectivity index (χ0v) is 8.59. The van der Waals surface area contributed by atoms with Crippen molar-refractivity contribution in [2.45, 2.75) is 51.9 Å². The lowest BCUT2D eigenvalue weighted by atomic mass is 9.81. The normalized spacial score (nSPS) is 26.2. The number of allylic oxidation sites excluding steroid dienone is 2. The highest BCUT2D eigenvalue weighted by atomic mass is 16.1. The fourth-order valence-corrected chi connectivity index (χ4v) is 2.20. The van der Waals surface area contributed by atoms with Crippen molar-refractivity contribution < 1.29 is 4.79 Å². The van der Waals surface area contributed by atoms with Gasteiger partial charge in [0.2, 0.25) is 0 Å². The van der Waals surface area contributed by atoms with Crippen LogP contribution in [-0.4, -0.2) is 6.29 Å². The van der Waals surface area contributed by atoms with Gasteiger partial charge in [-0.15, -0.1) is 0 Å². The van der Waals surface area contributed by atoms with Crippen LogP contribution in [0, 0.1) is 5.92 Å². The summed E-state index contributed by atoms with van der Waals surface area (Å²) in [6.07, 6.45) is 11.7. The van der Waals surface area contributed by atoms with Gasteiger partial charge >= 0.3 is 0 Å². The zero-order chi connectivity index (χ0) is 9.52. The summed E-state index contributed by atoms with van der Waals surface area (Å²) in [5.41, 5.74) is 1.41. The monoisotopic (exact) mass is 180 g/mol. The molecule has 1 rings (SSSR count). The predicted octanol–water partition coefficient (Wildman–Crippen LogP) is 3.49. The molecule has 0 unspecified atom stereocenters. The second kappa shape index (κ2) is 5.95. The summed E-state index contributed by atoms with van der Waals surface area (Å²) >= 11 is 0. The maximum atomic E-state index is 10.4. The molecule has 1 atom stereocenters. The average Bonchev–Trinajstić information content (AvgIpc) is 2.17. The van der Waals surface area contributed by atoms with Crippen LogP contribution in [0.1, 0.15) is 51.9 Å². The Bertz CT molecular complexity index is 182. The zero-order valence-electron chi connectivity index (χ0n) is 8.59. The van der Waals surface area contributed by atoms with Gasteiger partial charge in [-0.25, -0.2) is 0 Å². The average molecular weight is 180 g/mol. The van der Waals surface area contributed by atoms with Gasteiger partial charge in [0.15, 0.2) is 0 Å². The highest BCUT2D eigenvalue weighted by Gasteiger charge is 2.17. The van der Waals surface area contributed by atoms with E-state index in [1.165, 1.54) is 44.1 Å². The minimum Gasteiger partial charge on any atom is -0.299 e. The van der Waals surface area contributed by atoms with Crippen LogP contribution in [0.15, 0.2) is 11.6 Å². The Balaban J connectivity index is 2.46. The summed E-state index contributed by atoms with van der Waals surface area (Å²) in [5, 5.41) is 0. The van der Waals surface area contributed by atoms with Gasteiger partial charge in [-0.2, -0.15) is 0 Å². The lowest BCUT2D eigenvalue weighted by molar-refractivity contribution is -0.104. The summed E-state index contributed by atoms with van der Waals surface area (Å²) < 4.78 is 0. The summed E-state index contributed by atoms with van der Waals surface area (Å²) in [7, 11) is 0. The first-order chi connectivity index (χ1) is 6.38. The quantitative estimate of drug-likeness (QED) is 0.478. The minimum absolute atomic E-state index is 0.721. The molecule has 1 aliphatic rings. The molecule has 13 heavy (non-hydrogen) atoms. The van der Waals surface area contributed by atoms with E-state index >= 15 is 0 Å². The van der Waals surface area contributed by atoms with E-state index in [-0.39, 0.29) is 0 Å². The van der Waals surface area contributed by atoms with Crippen LogP contribution >= 0.6 is 0 Å². The molecule has 1 nitrogen and oxygen atoms in total. The van der Waals surface area contributed by atoms with Crippen LogP contribution < -0.4 is 0 Å². The Morgan fingerprint density at radius 2 is 2.31 bits per heavy atom. The van der Waals surface area contributed by atoms with Crippen molar-refractivity contribution in [1.82, 2.24) is 0 Å². The van der Waals surface area contributed by atoms with Gasteiger partial charge in [0.05, 0.1) is 0 Å². The van der Waals surface area contributed by atoms with Crippen LogP contribution in [0.4, 0.5) is 0 Å². The van der Waals surface area contributed by atoms with Crippen molar-refractivity contribution >= 4 is 6.29 Å². The highest BCUT2D eigenvalue weighted by Crippen LogP contribution is 2.32. The number of hydrogen-bond acceptors (Lipinski definition) is 1. The fraction of sp³-hybridized carbons (Fsp3) is 0.750. The van der Waals surface area contributed by atoms with Crippen molar-refractivity contribution in [2.24, 2.45) is 5.92 Å². The van der Waals surface area contributed by atoms with E-state index in [0.29, 0.717) is 0 Å². The van der Waals surface area contributed by atoms with Crippen molar-refractivity contribution in [3.05, 3.63) is 11.6 Å². The van der Waals surface area contributed by atoms with Gasteiger partial charge in [0.1, 0.15) is 6.29 Å². The topological polar surface area (TPSA) is 17.1 Å². The van der Waals surface area contributed by atoms with Crippen LogP contribution in [0.3, 0.4) is 0 Å². The molecule has 0 aromatic heterocycles. The van der Waals surface area contributed by atoms with Gasteiger partial charge in [-0.3, -0.25) is 4.79 Å². The Morgan fingerprint density at radius 1 is 1.46 bits per heavy atom. The summed E-state index contributed by atoms with van der Waals surface area (Å²) in [6.45, 7) is 2.23. The van der Waals surface area contributed by atoms with E-state index in [1.807, 2.05) is 0 Å². The first-order valence-corrected chi connectivity index (χ1v) is 5.52. The number of aldehydes is 1. The second-order valence-corrected chi connectivity index (χ2v) is 3.96. The molecule has 0 aromatic rings. The fourth-order valence-electron chi connectivity index (χ4n) is 2.20. The maximum Gasteiger partial charge on any atom is 0.142 e. The van der Waals surface area contributed by atoms with Crippen molar-refractivity contribution in [3.63, 3.8) is 0 Å². The lowest BCUT2D eigenvalue weighted by Crippen LogP contribution is -2.10. The molecule has 0 heterocycles. The standard InChI is InChI=1S/C12H20O/c1-2-3-6-11-7-4-5-8-12(11)9-10-13/h9-11H,2-8H2,1H3/b12-9+/t11-/m0/s1. The molecule has 1 fully saturated rings. The molecular weight excluding hydrogens is 160 g/mol. The summed E-state index contributed by atoms with van der Waals surface area (Å²) in [6, 6.07) is 0. The van der Waals surface area contributed by atoms with E-state index in [9.17, 15) is 4.79 Å². The largest absolute Gasteiger partial charge is 0.299 e. The van der Waals surface area contributed by atoms with E-state index in [0.717, 1.165) is 18.6 Å². The molecule has 0 saturated heterocycles. The number of unbranched alkanes of at least 4 members (excludes halogenated alkanes) is 1. The third-order valence-corrected chi connectivity index (χ3v) is 2.98. The molecular formula is C12H20O. The summed E-state index contributed by atoms with van der Waals surface area (Å²) in [4.78, 5) is 10.4. The lowest BCUT2D eigenvalue weighted by Gasteiger charge is -2.24. The third-order valence-electron chi connectivity index (χ3n) is 2.98. The molecule has 0 bridgehead atoms. The number of hydrogen-bond donors (Lipinski definition) is 0. The molecule has 0 N–H and O–H groups in total. The van der Waals surface area contributed by atoms with E-state index in [1.54, 1.807) is 6.08 Å². The number of carbonyl (C=O) groups is 1. The Morgan fingerprint density at radius 3 is 3.00 bits per heavy atom. The maximum absolute atomic E-state index is 10.4. The Kier molecular flexibility index (Phi) is 4.81. The molecule has 0 aromatic carbocycles. The second-order valence-electron chi connectivity index (χ2n) is 3.96. The Hall–Kier alpha value is -0.590. The first kappa shape index (κ1) is 10.5. The smallest absolute Gasteiger partial charge is 0.142 e. The third kappa shape index (κ3) is 3.33. The van der Waals surface area contributed by atoms with E-state index in [2.05, 4.69) is 6.92 Å². The van der Waals surface area contributed by atoms with Gasteiger partial charge in [0.25, 0.3) is 0 Å². The van der Waals surface area contributed by atoms with Gasteiger partial charge in [-0.1, -0.05) is 31.8 Å². The van der Waals surface area contributed by atoms with Crippen LogP contribution in [0.2, 0.25) is 0 Å². The van der Waals surface area contributed by atoms with Crippen LogP contribution in [0.25, 0.3) is 0 Å². The first-order valence-electron chi connectivity index (χ1n) is 5.52. The molecule has 74 valence electrons. The molecule has 0 aliphatic heterocycles. The number of rotatable bonds is 4. The molecule has 1 heteroatoms. The van der Waals surface area contributed by atoms with Crippen molar-refractivity contribution in [1.29, 1.82) is 0 Å². The van der Waals surface area contributed by atoms with Crippen molar-refractivity contribution in [3.8, 4) is 0 Å². The van der Waals surface area contributed by atoms with Gasteiger partial charge in [-0.05, 0) is 37.7 Å². The highest BCUT2D eigenvalue weighted by molar-refractivity contribution is 5.66.